The third-order valence-electron chi connectivity index (χ3n) is 6.81. The van der Waals surface area contributed by atoms with Crippen molar-refractivity contribution in [2.75, 3.05) is 5.32 Å². The zero-order chi connectivity index (χ0) is 24.0. The summed E-state index contributed by atoms with van der Waals surface area (Å²) in [4.78, 5) is 25.5. The summed E-state index contributed by atoms with van der Waals surface area (Å²) in [7, 11) is 0. The fourth-order valence-electron chi connectivity index (χ4n) is 5.28. The van der Waals surface area contributed by atoms with Crippen LogP contribution in [0.4, 0.5) is 5.69 Å². The van der Waals surface area contributed by atoms with Crippen LogP contribution in [0.5, 0.6) is 5.75 Å². The van der Waals surface area contributed by atoms with Crippen LogP contribution in [0.3, 0.4) is 0 Å². The molecule has 5 rings (SSSR count). The number of rotatable bonds is 5. The van der Waals surface area contributed by atoms with E-state index in [0.717, 1.165) is 15.6 Å². The van der Waals surface area contributed by atoms with Crippen LogP contribution in [0.1, 0.15) is 35.1 Å². The van der Waals surface area contributed by atoms with Gasteiger partial charge >= 0.3 is 0 Å². The van der Waals surface area contributed by atoms with Gasteiger partial charge in [-0.25, -0.2) is 0 Å². The van der Waals surface area contributed by atoms with Crippen LogP contribution in [0.25, 0.3) is 0 Å². The highest BCUT2D eigenvalue weighted by atomic mass is 79.9. The number of nitro groups is 1. The number of amides is 1. The molecule has 2 aliphatic heterocycles. The quantitative estimate of drug-likeness (QED) is 0.367. The number of nitrogens with one attached hydrogen (secondary N) is 2. The minimum atomic E-state index is -1.46. The minimum Gasteiger partial charge on any atom is -0.489 e. The van der Waals surface area contributed by atoms with Gasteiger partial charge in [0.1, 0.15) is 12.4 Å². The van der Waals surface area contributed by atoms with Gasteiger partial charge in [-0.2, -0.15) is 0 Å². The first kappa shape index (κ1) is 22.6. The average Bonchev–Trinajstić information content (AvgIpc) is 3.27. The van der Waals surface area contributed by atoms with Gasteiger partial charge in [-0.1, -0.05) is 64.0 Å². The first-order valence-corrected chi connectivity index (χ1v) is 11.9. The fourth-order valence-corrected chi connectivity index (χ4v) is 5.66. The molecule has 0 saturated carbocycles. The van der Waals surface area contributed by atoms with Crippen molar-refractivity contribution >= 4 is 27.5 Å². The third-order valence-corrected chi connectivity index (χ3v) is 7.30. The van der Waals surface area contributed by atoms with E-state index >= 15 is 0 Å². The lowest BCUT2D eigenvalue weighted by Gasteiger charge is -2.26. The number of carbonyl (C=O) groups is 1. The first-order chi connectivity index (χ1) is 16.3. The van der Waals surface area contributed by atoms with Gasteiger partial charge in [0.15, 0.2) is 5.54 Å². The van der Waals surface area contributed by atoms with Crippen molar-refractivity contribution in [1.82, 2.24) is 5.32 Å². The molecule has 0 unspecified atom stereocenters. The number of hydrogen-bond donors (Lipinski definition) is 2. The molecule has 174 valence electrons. The molecule has 0 radical (unpaired) electrons. The van der Waals surface area contributed by atoms with E-state index in [1.165, 1.54) is 0 Å². The van der Waals surface area contributed by atoms with E-state index in [0.29, 0.717) is 29.2 Å². The number of anilines is 1. The molecule has 0 bridgehead atoms. The highest BCUT2D eigenvalue weighted by molar-refractivity contribution is 9.10. The molecule has 8 heteroatoms. The van der Waals surface area contributed by atoms with Gasteiger partial charge in [0.25, 0.3) is 11.9 Å². The number of fused-ring (bicyclic) bond motifs is 2. The van der Waals surface area contributed by atoms with Gasteiger partial charge in [-0.15, -0.1) is 0 Å². The second-order valence-electron chi connectivity index (χ2n) is 8.95. The monoisotopic (exact) mass is 521 g/mol. The van der Waals surface area contributed by atoms with E-state index in [9.17, 15) is 14.9 Å². The highest BCUT2D eigenvalue weighted by Gasteiger charge is 2.68. The number of nitrogens with zero attached hydrogens (tertiary/aromatic N) is 1. The van der Waals surface area contributed by atoms with E-state index in [4.69, 9.17) is 4.74 Å². The topological polar surface area (TPSA) is 93.5 Å². The lowest BCUT2D eigenvalue weighted by atomic mass is 9.78. The predicted molar refractivity (Wildman–Crippen MR) is 133 cm³/mol. The lowest BCUT2D eigenvalue weighted by Crippen LogP contribution is -2.54. The fraction of sp³-hybridized carbons (Fsp3) is 0.269. The van der Waals surface area contributed by atoms with Crippen LogP contribution in [0, 0.1) is 17.0 Å². The number of benzene rings is 3. The van der Waals surface area contributed by atoms with Crippen LogP contribution in [-0.2, 0) is 16.9 Å². The average molecular weight is 522 g/mol. The number of ether oxygens (including phenoxy) is 1. The summed E-state index contributed by atoms with van der Waals surface area (Å²) in [6.45, 7) is 4.24. The Morgan fingerprint density at radius 2 is 1.85 bits per heavy atom. The third kappa shape index (κ3) is 3.58. The Morgan fingerprint density at radius 3 is 2.59 bits per heavy atom. The van der Waals surface area contributed by atoms with Crippen LogP contribution < -0.4 is 15.4 Å². The van der Waals surface area contributed by atoms with Gasteiger partial charge in [-0.05, 0) is 43.7 Å². The largest absolute Gasteiger partial charge is 0.489 e. The maximum absolute atomic E-state index is 13.3. The lowest BCUT2D eigenvalue weighted by molar-refractivity contribution is -0.532. The second-order valence-corrected chi connectivity index (χ2v) is 9.87. The number of halogens is 1. The number of hydrogen-bond acceptors (Lipinski definition) is 5. The maximum Gasteiger partial charge on any atom is 0.256 e. The Bertz CT molecular complexity index is 1280. The van der Waals surface area contributed by atoms with Gasteiger partial charge in [0.05, 0.1) is 5.92 Å². The molecule has 3 aromatic carbocycles. The number of aryl methyl sites for hydroxylation is 1. The molecule has 4 atom stereocenters. The zero-order valence-corrected chi connectivity index (χ0v) is 20.3. The Morgan fingerprint density at radius 1 is 1.12 bits per heavy atom. The van der Waals surface area contributed by atoms with Crippen molar-refractivity contribution in [3.05, 3.63) is 104 Å². The van der Waals surface area contributed by atoms with Crippen molar-refractivity contribution in [2.24, 2.45) is 0 Å². The molecule has 1 spiro atoms. The van der Waals surface area contributed by atoms with Crippen molar-refractivity contribution in [2.45, 2.75) is 44.0 Å². The van der Waals surface area contributed by atoms with Crippen LogP contribution in [0.2, 0.25) is 0 Å². The standard InChI is InChI=1S/C26H24BrN3O4/c1-15-7-9-17(10-8-15)14-34-22-12-11-18(27)13-19(22)23-16(2)29-26(24(23)30(32)33)20-5-3-4-6-21(20)28-25(26)31/h3-13,16,23-24,29H,14H2,1-2H3,(H,28,31)/t16-,23-,24+,26-/m0/s1. The highest BCUT2D eigenvalue weighted by Crippen LogP contribution is 2.51. The SMILES string of the molecule is Cc1ccc(COc2ccc(Br)cc2[C@@H]2[C@H](C)N[C@]3(C(=O)Nc4ccccc43)[C@@H]2[N+](=O)[O-])cc1. The summed E-state index contributed by atoms with van der Waals surface area (Å²) in [6, 6.07) is 19.2. The summed E-state index contributed by atoms with van der Waals surface area (Å²) < 4.78 is 6.97. The smallest absolute Gasteiger partial charge is 0.256 e. The molecule has 0 aromatic heterocycles. The van der Waals surface area contributed by atoms with Gasteiger partial charge in [-0.3, -0.25) is 20.2 Å². The molecule has 34 heavy (non-hydrogen) atoms. The normalized spacial score (nSPS) is 25.3. The summed E-state index contributed by atoms with van der Waals surface area (Å²) in [5, 5.41) is 18.7. The van der Waals surface area contributed by atoms with Crippen molar-refractivity contribution in [3.8, 4) is 5.75 Å². The Balaban J connectivity index is 1.57. The number of carbonyl (C=O) groups excluding carboxylic acids is 1. The zero-order valence-electron chi connectivity index (χ0n) is 18.7. The second kappa shape index (κ2) is 8.52. The van der Waals surface area contributed by atoms with E-state index in [1.807, 2.05) is 56.3 Å². The van der Waals surface area contributed by atoms with Crippen LogP contribution in [-0.4, -0.2) is 22.9 Å². The number of para-hydroxylation sites is 1. The molecule has 3 aromatic rings. The molecule has 1 amide bonds. The molecule has 7 nitrogen and oxygen atoms in total. The Labute approximate surface area is 205 Å². The molecular weight excluding hydrogens is 498 g/mol. The van der Waals surface area contributed by atoms with Gasteiger partial charge < -0.3 is 10.1 Å². The Kier molecular flexibility index (Phi) is 5.65. The molecule has 2 aliphatic rings. The van der Waals surface area contributed by atoms with Crippen molar-refractivity contribution in [1.29, 1.82) is 0 Å². The van der Waals surface area contributed by atoms with E-state index < -0.39 is 23.4 Å². The Hall–Kier alpha value is -3.23. The van der Waals surface area contributed by atoms with Crippen LogP contribution in [0.15, 0.2) is 71.2 Å². The molecular formula is C26H24BrN3O4. The summed E-state index contributed by atoms with van der Waals surface area (Å²) in [6.07, 6.45) is 0. The summed E-state index contributed by atoms with van der Waals surface area (Å²) in [5.74, 6) is -0.433. The van der Waals surface area contributed by atoms with E-state index in [1.54, 1.807) is 24.3 Å². The van der Waals surface area contributed by atoms with Gasteiger partial charge in [0.2, 0.25) is 0 Å². The van der Waals surface area contributed by atoms with Crippen LogP contribution >= 0.6 is 15.9 Å². The molecule has 1 fully saturated rings. The predicted octanol–water partition coefficient (Wildman–Crippen LogP) is 4.90. The van der Waals surface area contributed by atoms with E-state index in [2.05, 4.69) is 26.6 Å². The van der Waals surface area contributed by atoms with Crippen molar-refractivity contribution in [3.63, 3.8) is 0 Å². The molecule has 2 N–H and O–H groups in total. The van der Waals surface area contributed by atoms with Crippen molar-refractivity contribution < 1.29 is 14.5 Å². The first-order valence-electron chi connectivity index (χ1n) is 11.1. The minimum absolute atomic E-state index is 0.326. The maximum atomic E-state index is 13.3. The summed E-state index contributed by atoms with van der Waals surface area (Å²) in [5.41, 5.74) is 2.60. The summed E-state index contributed by atoms with van der Waals surface area (Å²) >= 11 is 3.51. The molecule has 2 heterocycles. The molecule has 1 saturated heterocycles. The molecule has 0 aliphatic carbocycles. The van der Waals surface area contributed by atoms with E-state index in [-0.39, 0.29) is 11.0 Å². The van der Waals surface area contributed by atoms with Gasteiger partial charge in [0, 0.05) is 32.3 Å².